The Morgan fingerprint density at radius 3 is 2.68 bits per heavy atom. The lowest BCUT2D eigenvalue weighted by Gasteiger charge is -2.29. The van der Waals surface area contributed by atoms with Gasteiger partial charge in [0.2, 0.25) is 5.91 Å². The first-order valence-electron chi connectivity index (χ1n) is 7.23. The minimum Gasteiger partial charge on any atom is -0.469 e. The number of benzene rings is 1. The Morgan fingerprint density at radius 2 is 2.05 bits per heavy atom. The van der Waals surface area contributed by atoms with Crippen LogP contribution in [0.25, 0.3) is 0 Å². The summed E-state index contributed by atoms with van der Waals surface area (Å²) in [7, 11) is 1.40. The molecule has 1 aromatic carbocycles. The lowest BCUT2D eigenvalue weighted by atomic mass is 9.97. The van der Waals surface area contributed by atoms with Gasteiger partial charge in [-0.25, -0.2) is 0 Å². The Bertz CT molecular complexity index is 587. The molecule has 0 radical (unpaired) electrons. The smallest absolute Gasteiger partial charge is 0.308 e. The summed E-state index contributed by atoms with van der Waals surface area (Å²) < 4.78 is 4.74. The van der Waals surface area contributed by atoms with Gasteiger partial charge in [-0.1, -0.05) is 12.1 Å². The normalized spacial score (nSPS) is 15.8. The van der Waals surface area contributed by atoms with Gasteiger partial charge in [-0.15, -0.1) is 0 Å². The lowest BCUT2D eigenvalue weighted by molar-refractivity contribution is -0.147. The number of likely N-dealkylation sites (tertiary alicyclic amines) is 1. The van der Waals surface area contributed by atoms with Crippen molar-refractivity contribution >= 4 is 17.6 Å². The highest BCUT2D eigenvalue weighted by molar-refractivity contribution is 5.93. The molecule has 1 aliphatic heterocycles. The van der Waals surface area contributed by atoms with E-state index < -0.39 is 0 Å². The summed E-state index contributed by atoms with van der Waals surface area (Å²) in [6.07, 6.45) is 1.41. The van der Waals surface area contributed by atoms with Gasteiger partial charge in [0, 0.05) is 0 Å². The van der Waals surface area contributed by atoms with Crippen LogP contribution in [-0.2, 0) is 14.3 Å². The number of para-hydroxylation sites is 1. The van der Waals surface area contributed by atoms with Crippen LogP contribution in [0.1, 0.15) is 18.4 Å². The molecule has 1 fully saturated rings. The number of hydrogen-bond donors (Lipinski definition) is 1. The summed E-state index contributed by atoms with van der Waals surface area (Å²) in [4.78, 5) is 25.5. The van der Waals surface area contributed by atoms with Crippen LogP contribution >= 0.6 is 0 Å². The molecule has 1 aliphatic rings. The van der Waals surface area contributed by atoms with Gasteiger partial charge in [-0.2, -0.15) is 5.26 Å². The summed E-state index contributed by atoms with van der Waals surface area (Å²) in [6, 6.07) is 8.95. The molecule has 1 heterocycles. The Morgan fingerprint density at radius 1 is 1.36 bits per heavy atom. The van der Waals surface area contributed by atoms with E-state index in [0.29, 0.717) is 37.2 Å². The topological polar surface area (TPSA) is 82.4 Å². The van der Waals surface area contributed by atoms with Crippen molar-refractivity contribution in [1.29, 1.82) is 5.26 Å². The van der Waals surface area contributed by atoms with Crippen LogP contribution in [0.5, 0.6) is 0 Å². The van der Waals surface area contributed by atoms with Crippen molar-refractivity contribution in [3.63, 3.8) is 0 Å². The zero-order chi connectivity index (χ0) is 15.9. The van der Waals surface area contributed by atoms with E-state index in [9.17, 15) is 9.59 Å². The molecule has 1 amide bonds. The molecular formula is C16H19N3O3. The number of nitrogens with one attached hydrogen (secondary N) is 1. The number of methoxy groups -OCH3 is 1. The molecule has 22 heavy (non-hydrogen) atoms. The first kappa shape index (κ1) is 16.0. The Labute approximate surface area is 129 Å². The Kier molecular flexibility index (Phi) is 5.50. The second-order valence-corrected chi connectivity index (χ2v) is 5.28. The minimum atomic E-state index is -0.174. The van der Waals surface area contributed by atoms with Crippen molar-refractivity contribution in [2.75, 3.05) is 32.1 Å². The molecular weight excluding hydrogens is 282 g/mol. The lowest BCUT2D eigenvalue weighted by Crippen LogP contribution is -2.41. The second kappa shape index (κ2) is 7.57. The number of anilines is 1. The van der Waals surface area contributed by atoms with Crippen molar-refractivity contribution in [2.24, 2.45) is 5.92 Å². The monoisotopic (exact) mass is 301 g/mol. The van der Waals surface area contributed by atoms with Crippen molar-refractivity contribution in [1.82, 2.24) is 4.90 Å². The van der Waals surface area contributed by atoms with E-state index in [0.717, 1.165) is 0 Å². The molecule has 6 nitrogen and oxygen atoms in total. The molecule has 0 unspecified atom stereocenters. The van der Waals surface area contributed by atoms with Gasteiger partial charge >= 0.3 is 5.97 Å². The standard InChI is InChI=1S/C16H19N3O3/c1-22-16(21)12-6-8-19(9-7-12)11-15(20)18-14-5-3-2-4-13(14)10-17/h2-5,12H,6-9,11H2,1H3,(H,18,20). The van der Waals surface area contributed by atoms with Crippen LogP contribution < -0.4 is 5.32 Å². The Hall–Kier alpha value is -2.39. The van der Waals surface area contributed by atoms with E-state index in [-0.39, 0.29) is 24.3 Å². The van der Waals surface area contributed by atoms with Gasteiger partial charge in [-0.05, 0) is 38.1 Å². The largest absolute Gasteiger partial charge is 0.469 e. The number of piperidine rings is 1. The van der Waals surface area contributed by atoms with Crippen LogP contribution in [0.2, 0.25) is 0 Å². The maximum atomic E-state index is 12.1. The molecule has 1 N–H and O–H groups in total. The van der Waals surface area contributed by atoms with E-state index in [1.165, 1.54) is 7.11 Å². The highest BCUT2D eigenvalue weighted by atomic mass is 16.5. The number of amides is 1. The molecule has 116 valence electrons. The SMILES string of the molecule is COC(=O)C1CCN(CC(=O)Nc2ccccc2C#N)CC1. The third kappa shape index (κ3) is 4.06. The van der Waals surface area contributed by atoms with Crippen LogP contribution in [0, 0.1) is 17.2 Å². The average molecular weight is 301 g/mol. The molecule has 0 aromatic heterocycles. The van der Waals surface area contributed by atoms with Crippen molar-refractivity contribution in [2.45, 2.75) is 12.8 Å². The summed E-state index contributed by atoms with van der Waals surface area (Å²) in [5.41, 5.74) is 0.972. The van der Waals surface area contributed by atoms with Gasteiger partial charge in [0.1, 0.15) is 6.07 Å². The molecule has 0 aliphatic carbocycles. The maximum absolute atomic E-state index is 12.1. The predicted molar refractivity (Wildman–Crippen MR) is 81.0 cm³/mol. The fourth-order valence-electron chi connectivity index (χ4n) is 2.58. The predicted octanol–water partition coefficient (Wildman–Crippen LogP) is 1.38. The minimum absolute atomic E-state index is 0.0661. The van der Waals surface area contributed by atoms with Crippen LogP contribution in [0.15, 0.2) is 24.3 Å². The molecule has 0 spiro atoms. The number of nitrogens with zero attached hydrogens (tertiary/aromatic N) is 2. The van der Waals surface area contributed by atoms with Crippen LogP contribution in [0.4, 0.5) is 5.69 Å². The van der Waals surface area contributed by atoms with E-state index in [1.54, 1.807) is 24.3 Å². The molecule has 1 aromatic rings. The van der Waals surface area contributed by atoms with Gasteiger partial charge < -0.3 is 10.1 Å². The molecule has 0 saturated carbocycles. The van der Waals surface area contributed by atoms with Crippen molar-refractivity contribution in [3.05, 3.63) is 29.8 Å². The quantitative estimate of drug-likeness (QED) is 0.850. The number of hydrogen-bond acceptors (Lipinski definition) is 5. The molecule has 0 bridgehead atoms. The maximum Gasteiger partial charge on any atom is 0.308 e. The van der Waals surface area contributed by atoms with E-state index in [2.05, 4.69) is 5.32 Å². The third-order valence-electron chi connectivity index (χ3n) is 3.81. The zero-order valence-electron chi connectivity index (χ0n) is 12.5. The highest BCUT2D eigenvalue weighted by Gasteiger charge is 2.26. The van der Waals surface area contributed by atoms with Crippen LogP contribution in [-0.4, -0.2) is 43.5 Å². The first-order valence-corrected chi connectivity index (χ1v) is 7.23. The highest BCUT2D eigenvalue weighted by Crippen LogP contribution is 2.18. The average Bonchev–Trinajstić information content (AvgIpc) is 2.55. The zero-order valence-corrected chi connectivity index (χ0v) is 12.5. The summed E-state index contributed by atoms with van der Waals surface area (Å²) in [5.74, 6) is -0.394. The summed E-state index contributed by atoms with van der Waals surface area (Å²) in [6.45, 7) is 1.63. The van der Waals surface area contributed by atoms with E-state index in [1.807, 2.05) is 11.0 Å². The number of ether oxygens (including phenoxy) is 1. The van der Waals surface area contributed by atoms with Gasteiger partial charge in [0.15, 0.2) is 0 Å². The second-order valence-electron chi connectivity index (χ2n) is 5.28. The van der Waals surface area contributed by atoms with Gasteiger partial charge in [0.05, 0.1) is 30.8 Å². The van der Waals surface area contributed by atoms with Crippen LogP contribution in [0.3, 0.4) is 0 Å². The molecule has 1 saturated heterocycles. The number of nitriles is 1. The number of rotatable bonds is 4. The summed E-state index contributed by atoms with van der Waals surface area (Å²) in [5, 5.41) is 11.8. The fraction of sp³-hybridized carbons (Fsp3) is 0.438. The number of carbonyl (C=O) groups excluding carboxylic acids is 2. The van der Waals surface area contributed by atoms with Crippen molar-refractivity contribution < 1.29 is 14.3 Å². The molecule has 6 heteroatoms. The first-order chi connectivity index (χ1) is 10.6. The summed E-state index contributed by atoms with van der Waals surface area (Å²) >= 11 is 0. The fourth-order valence-corrected chi connectivity index (χ4v) is 2.58. The number of esters is 1. The molecule has 2 rings (SSSR count). The van der Waals surface area contributed by atoms with Gasteiger partial charge in [-0.3, -0.25) is 14.5 Å². The van der Waals surface area contributed by atoms with E-state index in [4.69, 9.17) is 10.00 Å². The molecule has 0 atom stereocenters. The van der Waals surface area contributed by atoms with Gasteiger partial charge in [0.25, 0.3) is 0 Å². The number of carbonyl (C=O) groups is 2. The Balaban J connectivity index is 1.84. The van der Waals surface area contributed by atoms with Crippen molar-refractivity contribution in [3.8, 4) is 6.07 Å². The van der Waals surface area contributed by atoms with E-state index >= 15 is 0 Å². The third-order valence-corrected chi connectivity index (χ3v) is 3.81.